The van der Waals surface area contributed by atoms with Gasteiger partial charge in [-0.2, -0.15) is 5.26 Å². The van der Waals surface area contributed by atoms with Crippen molar-refractivity contribution < 1.29 is 14.3 Å². The maximum absolute atomic E-state index is 12.3. The van der Waals surface area contributed by atoms with E-state index >= 15 is 0 Å². The molecule has 144 valence electrons. The summed E-state index contributed by atoms with van der Waals surface area (Å²) in [5, 5.41) is 15.4. The molecule has 1 amide bonds. The third kappa shape index (κ3) is 6.32. The predicted molar refractivity (Wildman–Crippen MR) is 96.9 cm³/mol. The number of likely N-dealkylation sites (tertiary alicyclic amines) is 1. The van der Waals surface area contributed by atoms with Gasteiger partial charge in [-0.05, 0) is 19.8 Å². The van der Waals surface area contributed by atoms with Gasteiger partial charge in [0, 0.05) is 58.6 Å². The minimum atomic E-state index is -0.360. The molecule has 0 bridgehead atoms. The van der Waals surface area contributed by atoms with Crippen LogP contribution in [0.2, 0.25) is 0 Å². The van der Waals surface area contributed by atoms with Crippen LogP contribution in [0, 0.1) is 17.2 Å². The van der Waals surface area contributed by atoms with Crippen molar-refractivity contribution in [3.8, 4) is 6.07 Å². The molecule has 8 nitrogen and oxygen atoms in total. The Bertz CT molecular complexity index is 552. The Morgan fingerprint density at radius 3 is 2.81 bits per heavy atom. The first-order valence-electron chi connectivity index (χ1n) is 9.38. The average molecular weight is 363 g/mol. The van der Waals surface area contributed by atoms with Gasteiger partial charge in [-0.25, -0.2) is 0 Å². The second kappa shape index (κ2) is 10.8. The summed E-state index contributed by atoms with van der Waals surface area (Å²) in [7, 11) is 0. The van der Waals surface area contributed by atoms with Crippen molar-refractivity contribution in [2.24, 2.45) is 5.92 Å². The van der Waals surface area contributed by atoms with Gasteiger partial charge >= 0.3 is 5.97 Å². The molecule has 2 aliphatic rings. The van der Waals surface area contributed by atoms with E-state index in [-0.39, 0.29) is 23.4 Å². The molecule has 8 heteroatoms. The quantitative estimate of drug-likeness (QED) is 0.364. The van der Waals surface area contributed by atoms with E-state index in [0.29, 0.717) is 19.7 Å². The van der Waals surface area contributed by atoms with E-state index < -0.39 is 0 Å². The Morgan fingerprint density at radius 1 is 1.35 bits per heavy atom. The molecule has 0 aliphatic carbocycles. The minimum Gasteiger partial charge on any atom is -0.466 e. The first-order valence-corrected chi connectivity index (χ1v) is 9.38. The number of carbonyl (C=O) groups is 2. The fourth-order valence-electron chi connectivity index (χ4n) is 3.25. The Balaban J connectivity index is 1.82. The zero-order valence-corrected chi connectivity index (χ0v) is 15.5. The van der Waals surface area contributed by atoms with Crippen LogP contribution in [0.15, 0.2) is 11.8 Å². The van der Waals surface area contributed by atoms with E-state index in [0.717, 1.165) is 52.1 Å². The standard InChI is InChI=1S/C18H29N5O3/c1-2-26-18(25)15-4-3-8-23(13-15)14-16(12-19)17(24)21-7-11-22-9-5-20-6-10-22/h14-15,20H,2-11,13H2,1H3,(H,21,24)/b16-14-. The lowest BCUT2D eigenvalue weighted by molar-refractivity contribution is -0.149. The fourth-order valence-corrected chi connectivity index (χ4v) is 3.25. The summed E-state index contributed by atoms with van der Waals surface area (Å²) >= 11 is 0. The smallest absolute Gasteiger partial charge is 0.310 e. The van der Waals surface area contributed by atoms with Gasteiger partial charge in [0.25, 0.3) is 5.91 Å². The molecule has 0 aromatic heterocycles. The Hall–Kier alpha value is -2.11. The van der Waals surface area contributed by atoms with E-state index in [1.54, 1.807) is 13.1 Å². The van der Waals surface area contributed by atoms with Crippen LogP contribution in [0.5, 0.6) is 0 Å². The van der Waals surface area contributed by atoms with Crippen molar-refractivity contribution in [1.82, 2.24) is 20.4 Å². The van der Waals surface area contributed by atoms with Gasteiger partial charge in [0.1, 0.15) is 11.6 Å². The number of ether oxygens (including phenoxy) is 1. The van der Waals surface area contributed by atoms with E-state index in [4.69, 9.17) is 4.74 Å². The van der Waals surface area contributed by atoms with Crippen molar-refractivity contribution in [1.29, 1.82) is 5.26 Å². The topological polar surface area (TPSA) is 97.7 Å². The average Bonchev–Trinajstić information content (AvgIpc) is 2.67. The largest absolute Gasteiger partial charge is 0.466 e. The second-order valence-corrected chi connectivity index (χ2v) is 6.59. The molecule has 0 aromatic rings. The van der Waals surface area contributed by atoms with Gasteiger partial charge in [0.15, 0.2) is 0 Å². The number of esters is 1. The highest BCUT2D eigenvalue weighted by Crippen LogP contribution is 2.18. The van der Waals surface area contributed by atoms with Crippen LogP contribution in [0.3, 0.4) is 0 Å². The number of piperidine rings is 1. The summed E-state index contributed by atoms with van der Waals surface area (Å²) < 4.78 is 5.08. The summed E-state index contributed by atoms with van der Waals surface area (Å²) in [4.78, 5) is 28.3. The zero-order chi connectivity index (χ0) is 18.8. The van der Waals surface area contributed by atoms with Crippen LogP contribution in [0.25, 0.3) is 0 Å². The number of hydrogen-bond donors (Lipinski definition) is 2. The van der Waals surface area contributed by atoms with Gasteiger partial charge in [0.2, 0.25) is 0 Å². The molecule has 2 heterocycles. The molecule has 2 rings (SSSR count). The molecule has 0 radical (unpaired) electrons. The van der Waals surface area contributed by atoms with Crippen molar-refractivity contribution in [2.75, 3.05) is 59.0 Å². The van der Waals surface area contributed by atoms with Gasteiger partial charge in [0.05, 0.1) is 12.5 Å². The number of amides is 1. The Morgan fingerprint density at radius 2 is 2.12 bits per heavy atom. The molecule has 0 saturated carbocycles. The Labute approximate surface area is 155 Å². The number of nitriles is 1. The zero-order valence-electron chi connectivity index (χ0n) is 15.5. The van der Waals surface area contributed by atoms with Crippen molar-refractivity contribution in [3.05, 3.63) is 11.8 Å². The molecular formula is C18H29N5O3. The maximum Gasteiger partial charge on any atom is 0.310 e. The highest BCUT2D eigenvalue weighted by atomic mass is 16.5. The molecule has 26 heavy (non-hydrogen) atoms. The highest BCUT2D eigenvalue weighted by molar-refractivity contribution is 5.97. The van der Waals surface area contributed by atoms with E-state index in [1.807, 2.05) is 11.0 Å². The third-order valence-corrected chi connectivity index (χ3v) is 4.67. The third-order valence-electron chi connectivity index (χ3n) is 4.67. The first kappa shape index (κ1) is 20.2. The maximum atomic E-state index is 12.3. The molecule has 2 saturated heterocycles. The summed E-state index contributed by atoms with van der Waals surface area (Å²) in [6, 6.07) is 1.97. The molecule has 1 atom stereocenters. The fraction of sp³-hybridized carbons (Fsp3) is 0.722. The normalized spacial score (nSPS) is 21.8. The van der Waals surface area contributed by atoms with Crippen LogP contribution < -0.4 is 10.6 Å². The van der Waals surface area contributed by atoms with Gasteiger partial charge in [-0.3, -0.25) is 14.5 Å². The summed E-state index contributed by atoms with van der Waals surface area (Å²) in [5.41, 5.74) is 0.0785. The second-order valence-electron chi connectivity index (χ2n) is 6.59. The lowest BCUT2D eigenvalue weighted by Crippen LogP contribution is -2.46. The molecule has 0 aromatic carbocycles. The number of carbonyl (C=O) groups excluding carboxylic acids is 2. The van der Waals surface area contributed by atoms with Gasteiger partial charge < -0.3 is 20.3 Å². The first-order chi connectivity index (χ1) is 12.6. The lowest BCUT2D eigenvalue weighted by Gasteiger charge is -2.30. The van der Waals surface area contributed by atoms with Crippen molar-refractivity contribution >= 4 is 11.9 Å². The minimum absolute atomic E-state index is 0.0785. The summed E-state index contributed by atoms with van der Waals surface area (Å²) in [6.07, 6.45) is 3.19. The molecule has 1 unspecified atom stereocenters. The van der Waals surface area contributed by atoms with Crippen LogP contribution in [0.1, 0.15) is 19.8 Å². The number of piperazine rings is 1. The number of nitrogens with zero attached hydrogens (tertiary/aromatic N) is 3. The van der Waals surface area contributed by atoms with Crippen LogP contribution >= 0.6 is 0 Å². The van der Waals surface area contributed by atoms with Gasteiger partial charge in [-0.1, -0.05) is 0 Å². The molecule has 0 spiro atoms. The summed E-state index contributed by atoms with van der Waals surface area (Å²) in [5.74, 6) is -0.763. The van der Waals surface area contributed by atoms with Gasteiger partial charge in [-0.15, -0.1) is 0 Å². The Kier molecular flexibility index (Phi) is 8.38. The van der Waals surface area contributed by atoms with Crippen LogP contribution in [-0.2, 0) is 14.3 Å². The van der Waals surface area contributed by atoms with Crippen molar-refractivity contribution in [2.45, 2.75) is 19.8 Å². The van der Waals surface area contributed by atoms with Crippen molar-refractivity contribution in [3.63, 3.8) is 0 Å². The van der Waals surface area contributed by atoms with Crippen LogP contribution in [0.4, 0.5) is 0 Å². The molecule has 2 N–H and O–H groups in total. The monoisotopic (exact) mass is 363 g/mol. The lowest BCUT2D eigenvalue weighted by atomic mass is 9.98. The SMILES string of the molecule is CCOC(=O)C1CCCN(/C=C(/C#N)C(=O)NCCN2CCNCC2)C1. The molecular weight excluding hydrogens is 334 g/mol. The van der Waals surface area contributed by atoms with E-state index in [9.17, 15) is 14.9 Å². The number of hydrogen-bond acceptors (Lipinski definition) is 7. The van der Waals surface area contributed by atoms with Crippen LogP contribution in [-0.4, -0.2) is 80.6 Å². The highest BCUT2D eigenvalue weighted by Gasteiger charge is 2.26. The number of rotatable bonds is 7. The number of nitrogens with one attached hydrogen (secondary N) is 2. The molecule has 2 fully saturated rings. The van der Waals surface area contributed by atoms with E-state index in [1.165, 1.54) is 0 Å². The van der Waals surface area contributed by atoms with E-state index in [2.05, 4.69) is 15.5 Å². The molecule has 2 aliphatic heterocycles. The summed E-state index contributed by atoms with van der Waals surface area (Å²) in [6.45, 7) is 8.54. The predicted octanol–water partition coefficient (Wildman–Crippen LogP) is -0.310.